The molecular formula is C20H19N3O3S. The Kier molecular flexibility index (Phi) is 5.41. The Morgan fingerprint density at radius 1 is 1.19 bits per heavy atom. The number of nitrogens with one attached hydrogen (secondary N) is 1. The molecule has 0 aliphatic carbocycles. The van der Waals surface area contributed by atoms with Crippen LogP contribution in [0.1, 0.15) is 23.2 Å². The molecule has 0 spiro atoms. The van der Waals surface area contributed by atoms with Gasteiger partial charge in [0.15, 0.2) is 5.82 Å². The number of benzene rings is 2. The first-order valence-corrected chi connectivity index (χ1v) is 9.60. The fraction of sp³-hybridized carbons (Fsp3) is 0.250. The van der Waals surface area contributed by atoms with E-state index in [0.29, 0.717) is 23.1 Å². The number of hydrogen-bond donors (Lipinski definition) is 1. The van der Waals surface area contributed by atoms with Crippen LogP contribution >= 0.6 is 11.5 Å². The Bertz CT molecular complexity index is 890. The van der Waals surface area contributed by atoms with Crippen LogP contribution in [0.2, 0.25) is 0 Å². The number of carbonyl (C=O) groups is 1. The molecule has 1 aliphatic rings. The largest absolute Gasteiger partial charge is 0.491 e. The topological polar surface area (TPSA) is 73.3 Å². The Hall–Kier alpha value is -2.77. The molecule has 1 aliphatic heterocycles. The third-order valence-electron chi connectivity index (χ3n) is 4.25. The molecule has 1 aromatic heterocycles. The van der Waals surface area contributed by atoms with Crippen LogP contribution in [0.25, 0.3) is 11.4 Å². The van der Waals surface area contributed by atoms with Crippen LogP contribution < -0.4 is 10.1 Å². The maximum atomic E-state index is 12.4. The molecule has 27 heavy (non-hydrogen) atoms. The van der Waals surface area contributed by atoms with E-state index in [1.165, 1.54) is 0 Å². The molecule has 1 amide bonds. The zero-order valence-corrected chi connectivity index (χ0v) is 15.4. The van der Waals surface area contributed by atoms with Crippen LogP contribution in [0.3, 0.4) is 0 Å². The van der Waals surface area contributed by atoms with Crippen molar-refractivity contribution in [2.45, 2.75) is 18.9 Å². The summed E-state index contributed by atoms with van der Waals surface area (Å²) < 4.78 is 15.5. The standard InChI is InChI=1S/C20H19N3O3S/c24-19(22-20-21-18(23-27-20)14-5-2-1-3-6-14)15-8-10-16(11-9-15)26-13-17-7-4-12-25-17/h1-3,5-6,8-11,17H,4,7,12-13H2,(H,21,22,23,24). The van der Waals surface area contributed by atoms with E-state index in [1.807, 2.05) is 30.3 Å². The van der Waals surface area contributed by atoms with Gasteiger partial charge in [-0.2, -0.15) is 9.36 Å². The first kappa shape index (κ1) is 17.6. The smallest absolute Gasteiger partial charge is 0.257 e. The van der Waals surface area contributed by atoms with Gasteiger partial charge in [-0.1, -0.05) is 30.3 Å². The van der Waals surface area contributed by atoms with E-state index in [0.717, 1.165) is 42.3 Å². The molecule has 1 unspecified atom stereocenters. The number of nitrogens with zero attached hydrogens (tertiary/aromatic N) is 2. The van der Waals surface area contributed by atoms with Gasteiger partial charge >= 0.3 is 0 Å². The Morgan fingerprint density at radius 2 is 2.00 bits per heavy atom. The SMILES string of the molecule is O=C(Nc1nc(-c2ccccc2)ns1)c1ccc(OCC2CCCO2)cc1. The van der Waals surface area contributed by atoms with Gasteiger partial charge in [-0.15, -0.1) is 0 Å². The lowest BCUT2D eigenvalue weighted by Gasteiger charge is -2.11. The van der Waals surface area contributed by atoms with Crippen molar-refractivity contribution in [3.05, 3.63) is 60.2 Å². The van der Waals surface area contributed by atoms with Crippen molar-refractivity contribution < 1.29 is 14.3 Å². The number of amides is 1. The number of anilines is 1. The number of aromatic nitrogens is 2. The second-order valence-corrected chi connectivity index (χ2v) is 6.97. The highest BCUT2D eigenvalue weighted by atomic mass is 32.1. The van der Waals surface area contributed by atoms with Gasteiger partial charge in [-0.25, -0.2) is 0 Å². The normalized spacial score (nSPS) is 16.2. The molecule has 4 rings (SSSR count). The lowest BCUT2D eigenvalue weighted by Crippen LogP contribution is -2.16. The van der Waals surface area contributed by atoms with Crippen molar-refractivity contribution in [2.24, 2.45) is 0 Å². The van der Waals surface area contributed by atoms with Gasteiger partial charge in [0.05, 0.1) is 6.10 Å². The Labute approximate surface area is 161 Å². The number of ether oxygens (including phenoxy) is 2. The van der Waals surface area contributed by atoms with Crippen molar-refractivity contribution in [3.63, 3.8) is 0 Å². The van der Waals surface area contributed by atoms with Gasteiger partial charge in [-0.05, 0) is 37.1 Å². The van der Waals surface area contributed by atoms with Crippen molar-refractivity contribution in [2.75, 3.05) is 18.5 Å². The van der Waals surface area contributed by atoms with E-state index in [2.05, 4.69) is 14.7 Å². The summed E-state index contributed by atoms with van der Waals surface area (Å²) in [6, 6.07) is 16.7. The molecule has 0 radical (unpaired) electrons. The van der Waals surface area contributed by atoms with Crippen molar-refractivity contribution in [3.8, 4) is 17.1 Å². The summed E-state index contributed by atoms with van der Waals surface area (Å²) in [6.45, 7) is 1.35. The maximum Gasteiger partial charge on any atom is 0.257 e. The average molecular weight is 381 g/mol. The minimum absolute atomic E-state index is 0.171. The molecule has 1 saturated heterocycles. The van der Waals surface area contributed by atoms with Crippen LogP contribution in [0.5, 0.6) is 5.75 Å². The summed E-state index contributed by atoms with van der Waals surface area (Å²) in [5.74, 6) is 1.11. The Morgan fingerprint density at radius 3 is 2.74 bits per heavy atom. The van der Waals surface area contributed by atoms with Crippen LogP contribution in [0, 0.1) is 0 Å². The van der Waals surface area contributed by atoms with E-state index in [-0.39, 0.29) is 12.0 Å². The molecule has 0 saturated carbocycles. The second kappa shape index (κ2) is 8.28. The summed E-state index contributed by atoms with van der Waals surface area (Å²) >= 11 is 1.16. The minimum Gasteiger partial charge on any atom is -0.491 e. The zero-order chi connectivity index (χ0) is 18.5. The number of hydrogen-bond acceptors (Lipinski definition) is 6. The van der Waals surface area contributed by atoms with Crippen LogP contribution in [-0.4, -0.2) is 34.6 Å². The molecule has 0 bridgehead atoms. The summed E-state index contributed by atoms with van der Waals surface area (Å²) in [7, 11) is 0. The molecule has 6 nitrogen and oxygen atoms in total. The molecule has 1 atom stereocenters. The van der Waals surface area contributed by atoms with E-state index < -0.39 is 0 Å². The highest BCUT2D eigenvalue weighted by Crippen LogP contribution is 2.22. The molecule has 2 heterocycles. The first-order valence-electron chi connectivity index (χ1n) is 8.83. The molecular weight excluding hydrogens is 362 g/mol. The molecule has 1 fully saturated rings. The van der Waals surface area contributed by atoms with E-state index in [1.54, 1.807) is 24.3 Å². The average Bonchev–Trinajstić information content (AvgIpc) is 3.39. The van der Waals surface area contributed by atoms with Crippen molar-refractivity contribution in [1.82, 2.24) is 9.36 Å². The summed E-state index contributed by atoms with van der Waals surface area (Å²) in [6.07, 6.45) is 2.29. The van der Waals surface area contributed by atoms with Gasteiger partial charge in [0.25, 0.3) is 5.91 Å². The lowest BCUT2D eigenvalue weighted by atomic mass is 10.2. The highest BCUT2D eigenvalue weighted by molar-refractivity contribution is 7.10. The maximum absolute atomic E-state index is 12.4. The molecule has 7 heteroatoms. The van der Waals surface area contributed by atoms with Crippen LogP contribution in [0.4, 0.5) is 5.13 Å². The first-order chi connectivity index (χ1) is 13.3. The van der Waals surface area contributed by atoms with E-state index >= 15 is 0 Å². The third kappa shape index (κ3) is 4.50. The van der Waals surface area contributed by atoms with Crippen molar-refractivity contribution >= 4 is 22.6 Å². The molecule has 3 aromatic rings. The predicted octanol–water partition coefficient (Wildman–Crippen LogP) is 4.02. The minimum atomic E-state index is -0.226. The second-order valence-electron chi connectivity index (χ2n) is 6.21. The Balaban J connectivity index is 1.35. The monoisotopic (exact) mass is 381 g/mol. The van der Waals surface area contributed by atoms with Gasteiger partial charge in [0, 0.05) is 29.3 Å². The van der Waals surface area contributed by atoms with Gasteiger partial charge < -0.3 is 9.47 Å². The van der Waals surface area contributed by atoms with Gasteiger partial charge in [0.2, 0.25) is 5.13 Å². The van der Waals surface area contributed by atoms with Gasteiger partial charge in [-0.3, -0.25) is 10.1 Å². The van der Waals surface area contributed by atoms with E-state index in [9.17, 15) is 4.79 Å². The van der Waals surface area contributed by atoms with Crippen molar-refractivity contribution in [1.29, 1.82) is 0 Å². The summed E-state index contributed by atoms with van der Waals surface area (Å²) in [5, 5.41) is 3.26. The molecule has 2 aromatic carbocycles. The highest BCUT2D eigenvalue weighted by Gasteiger charge is 2.16. The molecule has 1 N–H and O–H groups in total. The quantitative estimate of drug-likeness (QED) is 0.698. The van der Waals surface area contributed by atoms with Gasteiger partial charge in [0.1, 0.15) is 12.4 Å². The summed E-state index contributed by atoms with van der Waals surface area (Å²) in [4.78, 5) is 16.8. The predicted molar refractivity (Wildman–Crippen MR) is 104 cm³/mol. The summed E-state index contributed by atoms with van der Waals surface area (Å²) in [5.41, 5.74) is 1.46. The van der Waals surface area contributed by atoms with E-state index in [4.69, 9.17) is 9.47 Å². The zero-order valence-electron chi connectivity index (χ0n) is 14.6. The lowest BCUT2D eigenvalue weighted by molar-refractivity contribution is 0.0679. The number of carbonyl (C=O) groups excluding carboxylic acids is 1. The third-order valence-corrected chi connectivity index (χ3v) is 4.89. The fourth-order valence-corrected chi connectivity index (χ4v) is 3.40. The van der Waals surface area contributed by atoms with Crippen LogP contribution in [0.15, 0.2) is 54.6 Å². The fourth-order valence-electron chi connectivity index (χ4n) is 2.82. The number of rotatable bonds is 6. The van der Waals surface area contributed by atoms with Crippen LogP contribution in [-0.2, 0) is 4.74 Å². The molecule has 138 valence electrons.